The molecule has 1 N–H and O–H groups in total. The van der Waals surface area contributed by atoms with Gasteiger partial charge in [-0.15, -0.1) is 10.2 Å². The number of likely N-dealkylation sites (tertiary alicyclic amines) is 1. The fourth-order valence-electron chi connectivity index (χ4n) is 2.84. The van der Waals surface area contributed by atoms with E-state index in [9.17, 15) is 9.59 Å². The molecule has 0 bridgehead atoms. The molecule has 0 aliphatic carbocycles. The Kier molecular flexibility index (Phi) is 5.95. The van der Waals surface area contributed by atoms with Crippen LogP contribution in [0.1, 0.15) is 44.9 Å². The van der Waals surface area contributed by atoms with Crippen LogP contribution in [0.25, 0.3) is 0 Å². The van der Waals surface area contributed by atoms with Gasteiger partial charge in [0.05, 0.1) is 6.61 Å². The van der Waals surface area contributed by atoms with Gasteiger partial charge in [0.2, 0.25) is 5.01 Å². The molecule has 1 aromatic carbocycles. The van der Waals surface area contributed by atoms with Gasteiger partial charge in [-0.3, -0.25) is 9.59 Å². The van der Waals surface area contributed by atoms with E-state index in [1.807, 2.05) is 4.90 Å². The Bertz CT molecular complexity index is 784. The van der Waals surface area contributed by atoms with Crippen molar-refractivity contribution in [2.75, 3.05) is 25.5 Å². The lowest BCUT2D eigenvalue weighted by atomic mass is 9.98. The Labute approximate surface area is 156 Å². The summed E-state index contributed by atoms with van der Waals surface area (Å²) >= 11 is 1.18. The van der Waals surface area contributed by atoms with Crippen LogP contribution in [0.2, 0.25) is 0 Å². The van der Waals surface area contributed by atoms with Gasteiger partial charge in [0.25, 0.3) is 11.8 Å². The third kappa shape index (κ3) is 4.44. The Morgan fingerprint density at radius 2 is 2.08 bits per heavy atom. The highest BCUT2D eigenvalue weighted by Crippen LogP contribution is 2.20. The zero-order valence-corrected chi connectivity index (χ0v) is 15.7. The van der Waals surface area contributed by atoms with E-state index in [2.05, 4.69) is 22.4 Å². The number of anilines is 1. The highest BCUT2D eigenvalue weighted by atomic mass is 32.1. The van der Waals surface area contributed by atoms with E-state index in [1.165, 1.54) is 11.3 Å². The van der Waals surface area contributed by atoms with Gasteiger partial charge in [0.15, 0.2) is 0 Å². The SMILES string of the molecule is COCc1nnc(C(=O)Nc2cccc(C(=O)N3CCC(C)CC3)c2)s1. The third-order valence-corrected chi connectivity index (χ3v) is 5.26. The van der Waals surface area contributed by atoms with Crippen LogP contribution in [0, 0.1) is 5.92 Å². The second kappa shape index (κ2) is 8.37. The zero-order valence-electron chi connectivity index (χ0n) is 14.9. The molecule has 3 rings (SSSR count). The summed E-state index contributed by atoms with van der Waals surface area (Å²) in [5.41, 5.74) is 1.14. The van der Waals surface area contributed by atoms with Gasteiger partial charge in [0.1, 0.15) is 5.01 Å². The maximum Gasteiger partial charge on any atom is 0.286 e. The van der Waals surface area contributed by atoms with E-state index >= 15 is 0 Å². The molecule has 1 aliphatic heterocycles. The molecule has 138 valence electrons. The summed E-state index contributed by atoms with van der Waals surface area (Å²) in [7, 11) is 1.56. The predicted molar refractivity (Wildman–Crippen MR) is 99.3 cm³/mol. The fourth-order valence-corrected chi connectivity index (χ4v) is 3.54. The number of carbonyl (C=O) groups is 2. The summed E-state index contributed by atoms with van der Waals surface area (Å²) in [5, 5.41) is 11.5. The highest BCUT2D eigenvalue weighted by molar-refractivity contribution is 7.13. The van der Waals surface area contributed by atoms with Crippen LogP contribution >= 0.6 is 11.3 Å². The molecule has 1 aromatic heterocycles. The van der Waals surface area contributed by atoms with Gasteiger partial charge in [-0.1, -0.05) is 24.3 Å². The molecule has 1 saturated heterocycles. The second-order valence-corrected chi connectivity index (χ2v) is 7.51. The molecule has 2 heterocycles. The molecule has 7 nitrogen and oxygen atoms in total. The predicted octanol–water partition coefficient (Wildman–Crippen LogP) is 2.81. The first-order chi connectivity index (χ1) is 12.6. The second-order valence-electron chi connectivity index (χ2n) is 6.44. The molecule has 0 radical (unpaired) electrons. The maximum atomic E-state index is 12.7. The average molecular weight is 374 g/mol. The first-order valence-electron chi connectivity index (χ1n) is 8.59. The summed E-state index contributed by atoms with van der Waals surface area (Å²) in [5.74, 6) is 0.326. The van der Waals surface area contributed by atoms with E-state index in [-0.39, 0.29) is 16.8 Å². The van der Waals surface area contributed by atoms with E-state index in [4.69, 9.17) is 4.74 Å². The molecule has 26 heavy (non-hydrogen) atoms. The van der Waals surface area contributed by atoms with E-state index in [1.54, 1.807) is 31.4 Å². The molecule has 0 saturated carbocycles. The van der Waals surface area contributed by atoms with Crippen molar-refractivity contribution < 1.29 is 14.3 Å². The molecular weight excluding hydrogens is 352 g/mol. The van der Waals surface area contributed by atoms with Crippen LogP contribution in [-0.2, 0) is 11.3 Å². The van der Waals surface area contributed by atoms with Crippen LogP contribution in [0.5, 0.6) is 0 Å². The molecular formula is C18H22N4O3S. The van der Waals surface area contributed by atoms with Crippen molar-refractivity contribution in [3.8, 4) is 0 Å². The summed E-state index contributed by atoms with van der Waals surface area (Å²) in [4.78, 5) is 26.9. The number of carbonyl (C=O) groups excluding carboxylic acids is 2. The van der Waals surface area contributed by atoms with Crippen LogP contribution < -0.4 is 5.32 Å². The number of nitrogens with zero attached hydrogens (tertiary/aromatic N) is 3. The summed E-state index contributed by atoms with van der Waals surface area (Å²) in [6, 6.07) is 7.00. The Balaban J connectivity index is 1.66. The lowest BCUT2D eigenvalue weighted by Crippen LogP contribution is -2.37. The zero-order chi connectivity index (χ0) is 18.5. The molecule has 8 heteroatoms. The van der Waals surface area contributed by atoms with Crippen molar-refractivity contribution in [1.82, 2.24) is 15.1 Å². The minimum Gasteiger partial charge on any atom is -0.377 e. The maximum absolute atomic E-state index is 12.7. The number of piperidine rings is 1. The van der Waals surface area contributed by atoms with Crippen LogP contribution in [0.15, 0.2) is 24.3 Å². The number of benzene rings is 1. The van der Waals surface area contributed by atoms with Crippen molar-refractivity contribution >= 4 is 28.8 Å². The van der Waals surface area contributed by atoms with Crippen molar-refractivity contribution in [1.29, 1.82) is 0 Å². The smallest absolute Gasteiger partial charge is 0.286 e. The quantitative estimate of drug-likeness (QED) is 0.870. The largest absolute Gasteiger partial charge is 0.377 e. The van der Waals surface area contributed by atoms with E-state index in [0.29, 0.717) is 28.8 Å². The summed E-state index contributed by atoms with van der Waals surface area (Å²) in [6.45, 7) is 4.10. The van der Waals surface area contributed by atoms with Gasteiger partial charge in [0, 0.05) is 31.5 Å². The van der Waals surface area contributed by atoms with Crippen molar-refractivity contribution in [2.45, 2.75) is 26.4 Å². The van der Waals surface area contributed by atoms with Gasteiger partial charge >= 0.3 is 0 Å². The number of ether oxygens (including phenoxy) is 1. The number of rotatable bonds is 5. The molecule has 0 unspecified atom stereocenters. The standard InChI is InChI=1S/C18H22N4O3S/c1-12-6-8-22(9-7-12)18(24)13-4-3-5-14(10-13)19-16(23)17-21-20-15(26-17)11-25-2/h3-5,10,12H,6-9,11H2,1-2H3,(H,19,23). The van der Waals surface area contributed by atoms with Gasteiger partial charge < -0.3 is 15.0 Å². The molecule has 1 aliphatic rings. The Morgan fingerprint density at radius 3 is 2.81 bits per heavy atom. The third-order valence-electron chi connectivity index (χ3n) is 4.37. The number of hydrogen-bond donors (Lipinski definition) is 1. The molecule has 1 fully saturated rings. The Hall–Kier alpha value is -2.32. The van der Waals surface area contributed by atoms with Gasteiger partial charge in [-0.2, -0.15) is 0 Å². The fraction of sp³-hybridized carbons (Fsp3) is 0.444. The normalized spacial score (nSPS) is 15.1. The molecule has 0 atom stereocenters. The summed E-state index contributed by atoms with van der Waals surface area (Å²) in [6.07, 6.45) is 2.06. The van der Waals surface area contributed by atoms with Crippen LogP contribution in [0.4, 0.5) is 5.69 Å². The lowest BCUT2D eigenvalue weighted by Gasteiger charge is -2.30. The number of amides is 2. The van der Waals surface area contributed by atoms with Crippen LogP contribution in [0.3, 0.4) is 0 Å². The first-order valence-corrected chi connectivity index (χ1v) is 9.40. The molecule has 2 aromatic rings. The molecule has 2 amide bonds. The van der Waals surface area contributed by atoms with E-state index in [0.717, 1.165) is 25.9 Å². The van der Waals surface area contributed by atoms with Crippen molar-refractivity contribution in [2.24, 2.45) is 5.92 Å². The monoisotopic (exact) mass is 374 g/mol. The lowest BCUT2D eigenvalue weighted by molar-refractivity contribution is 0.0697. The van der Waals surface area contributed by atoms with Gasteiger partial charge in [-0.25, -0.2) is 0 Å². The average Bonchev–Trinajstić information content (AvgIpc) is 3.11. The van der Waals surface area contributed by atoms with Gasteiger partial charge in [-0.05, 0) is 37.0 Å². The Morgan fingerprint density at radius 1 is 1.31 bits per heavy atom. The number of aromatic nitrogens is 2. The van der Waals surface area contributed by atoms with Crippen LogP contribution in [-0.4, -0.2) is 47.1 Å². The van der Waals surface area contributed by atoms with Crippen molar-refractivity contribution in [3.05, 3.63) is 39.8 Å². The number of methoxy groups -OCH3 is 1. The van der Waals surface area contributed by atoms with Crippen molar-refractivity contribution in [3.63, 3.8) is 0 Å². The topological polar surface area (TPSA) is 84.4 Å². The number of nitrogens with one attached hydrogen (secondary N) is 1. The van der Waals surface area contributed by atoms with E-state index < -0.39 is 0 Å². The number of hydrogen-bond acceptors (Lipinski definition) is 6. The summed E-state index contributed by atoms with van der Waals surface area (Å²) < 4.78 is 4.98. The minimum atomic E-state index is -0.346. The first kappa shape index (κ1) is 18.5. The minimum absolute atomic E-state index is 0.00583. The molecule has 0 spiro atoms. The highest BCUT2D eigenvalue weighted by Gasteiger charge is 2.22.